The van der Waals surface area contributed by atoms with Gasteiger partial charge in [0, 0.05) is 11.8 Å². The van der Waals surface area contributed by atoms with E-state index in [9.17, 15) is 4.79 Å². The van der Waals surface area contributed by atoms with Gasteiger partial charge in [-0.15, -0.1) is 11.3 Å². The lowest BCUT2D eigenvalue weighted by Gasteiger charge is -2.04. The van der Waals surface area contributed by atoms with E-state index in [1.807, 2.05) is 26.0 Å². The number of carbonyl (C=O) groups is 1. The maximum absolute atomic E-state index is 12.1. The summed E-state index contributed by atoms with van der Waals surface area (Å²) in [5, 5.41) is 0.898. The summed E-state index contributed by atoms with van der Waals surface area (Å²) in [5.74, 6) is 0.719. The van der Waals surface area contributed by atoms with Crippen LogP contribution in [0.3, 0.4) is 0 Å². The van der Waals surface area contributed by atoms with Crippen LogP contribution < -0.4 is 4.74 Å². The molecule has 88 valence electrons. The molecular formula is C13H13NO2S. The molecule has 0 aliphatic rings. The highest BCUT2D eigenvalue weighted by Gasteiger charge is 2.12. The number of hydrogen-bond donors (Lipinski definition) is 0. The van der Waals surface area contributed by atoms with Gasteiger partial charge in [-0.3, -0.25) is 4.79 Å². The Morgan fingerprint density at radius 2 is 2.29 bits per heavy atom. The van der Waals surface area contributed by atoms with E-state index < -0.39 is 0 Å². The highest BCUT2D eigenvalue weighted by Crippen LogP contribution is 2.20. The van der Waals surface area contributed by atoms with Crippen molar-refractivity contribution in [2.45, 2.75) is 13.8 Å². The first kappa shape index (κ1) is 11.8. The van der Waals surface area contributed by atoms with Crippen LogP contribution in [0.1, 0.15) is 27.2 Å². The van der Waals surface area contributed by atoms with Crippen LogP contribution in [0.4, 0.5) is 0 Å². The molecule has 0 N–H and O–H groups in total. The topological polar surface area (TPSA) is 39.2 Å². The Bertz CT molecular complexity index is 534. The summed E-state index contributed by atoms with van der Waals surface area (Å²) in [6.45, 7) is 4.40. The Morgan fingerprint density at radius 1 is 1.47 bits per heavy atom. The van der Waals surface area contributed by atoms with Crippen LogP contribution in [0.25, 0.3) is 0 Å². The van der Waals surface area contributed by atoms with Crippen molar-refractivity contribution in [1.82, 2.24) is 4.98 Å². The van der Waals surface area contributed by atoms with Crippen molar-refractivity contribution in [3.05, 3.63) is 45.9 Å². The van der Waals surface area contributed by atoms with E-state index >= 15 is 0 Å². The summed E-state index contributed by atoms with van der Waals surface area (Å²) in [6, 6.07) is 7.23. The molecule has 4 heteroatoms. The summed E-state index contributed by atoms with van der Waals surface area (Å²) in [7, 11) is 0. The number of carbonyl (C=O) groups excluding carboxylic acids is 1. The SMILES string of the molecule is CCOc1cccc(C(=O)c2cnc(C)s2)c1. The average Bonchev–Trinajstić information content (AvgIpc) is 2.76. The fourth-order valence-corrected chi connectivity index (χ4v) is 2.24. The molecule has 1 heterocycles. The van der Waals surface area contributed by atoms with Crippen LogP contribution >= 0.6 is 11.3 Å². The van der Waals surface area contributed by atoms with Crippen molar-refractivity contribution in [1.29, 1.82) is 0 Å². The molecule has 0 amide bonds. The van der Waals surface area contributed by atoms with E-state index in [1.54, 1.807) is 18.3 Å². The van der Waals surface area contributed by atoms with E-state index in [0.717, 1.165) is 10.8 Å². The quantitative estimate of drug-likeness (QED) is 0.779. The van der Waals surface area contributed by atoms with Crippen molar-refractivity contribution < 1.29 is 9.53 Å². The van der Waals surface area contributed by atoms with Gasteiger partial charge in [-0.1, -0.05) is 12.1 Å². The van der Waals surface area contributed by atoms with Crippen molar-refractivity contribution in [2.24, 2.45) is 0 Å². The fourth-order valence-electron chi connectivity index (χ4n) is 1.50. The first-order valence-corrected chi connectivity index (χ1v) is 6.22. The third kappa shape index (κ3) is 2.71. The van der Waals surface area contributed by atoms with Crippen LogP contribution in [0.15, 0.2) is 30.5 Å². The van der Waals surface area contributed by atoms with Gasteiger partial charge < -0.3 is 4.74 Å². The zero-order valence-corrected chi connectivity index (χ0v) is 10.6. The molecule has 0 fully saturated rings. The largest absolute Gasteiger partial charge is 0.494 e. The van der Waals surface area contributed by atoms with Crippen LogP contribution in [-0.4, -0.2) is 17.4 Å². The minimum absolute atomic E-state index is 0.00264. The van der Waals surface area contributed by atoms with Crippen LogP contribution in [0.2, 0.25) is 0 Å². The Labute approximate surface area is 104 Å². The number of aryl methyl sites for hydroxylation is 1. The molecule has 1 aromatic heterocycles. The lowest BCUT2D eigenvalue weighted by atomic mass is 10.1. The minimum Gasteiger partial charge on any atom is -0.494 e. The van der Waals surface area contributed by atoms with E-state index in [0.29, 0.717) is 17.0 Å². The maximum Gasteiger partial charge on any atom is 0.204 e. The molecule has 0 saturated heterocycles. The highest BCUT2D eigenvalue weighted by atomic mass is 32.1. The molecule has 0 aliphatic carbocycles. The van der Waals surface area contributed by atoms with Crippen LogP contribution in [-0.2, 0) is 0 Å². The molecule has 0 unspecified atom stereocenters. The van der Waals surface area contributed by atoms with Gasteiger partial charge in [-0.05, 0) is 26.0 Å². The number of ether oxygens (including phenoxy) is 1. The third-order valence-electron chi connectivity index (χ3n) is 2.25. The number of benzene rings is 1. The van der Waals surface area contributed by atoms with E-state index in [2.05, 4.69) is 4.98 Å². The first-order chi connectivity index (χ1) is 8.20. The Balaban J connectivity index is 2.27. The number of ketones is 1. The summed E-state index contributed by atoms with van der Waals surface area (Å²) >= 11 is 1.41. The lowest BCUT2D eigenvalue weighted by Crippen LogP contribution is -1.99. The molecule has 1 aromatic carbocycles. The van der Waals surface area contributed by atoms with Crippen LogP contribution in [0, 0.1) is 6.92 Å². The van der Waals surface area contributed by atoms with Gasteiger partial charge in [0.25, 0.3) is 0 Å². The van der Waals surface area contributed by atoms with Gasteiger partial charge in [-0.25, -0.2) is 4.98 Å². The van der Waals surface area contributed by atoms with Crippen molar-refractivity contribution >= 4 is 17.1 Å². The summed E-state index contributed by atoms with van der Waals surface area (Å²) < 4.78 is 5.37. The second kappa shape index (κ2) is 5.10. The normalized spacial score (nSPS) is 10.2. The summed E-state index contributed by atoms with van der Waals surface area (Å²) in [4.78, 5) is 16.9. The number of thiazole rings is 1. The molecule has 0 aliphatic heterocycles. The Hall–Kier alpha value is -1.68. The zero-order valence-electron chi connectivity index (χ0n) is 9.77. The molecule has 17 heavy (non-hydrogen) atoms. The first-order valence-electron chi connectivity index (χ1n) is 5.40. The van der Waals surface area contributed by atoms with Gasteiger partial charge in [0.05, 0.1) is 16.5 Å². The Kier molecular flexibility index (Phi) is 3.54. The summed E-state index contributed by atoms with van der Waals surface area (Å²) in [6.07, 6.45) is 1.62. The molecular weight excluding hydrogens is 234 g/mol. The standard InChI is InChI=1S/C13H13NO2S/c1-3-16-11-6-4-5-10(7-11)13(15)12-8-14-9(2)17-12/h4-8H,3H2,1-2H3. The van der Waals surface area contributed by atoms with Crippen LogP contribution in [0.5, 0.6) is 5.75 Å². The lowest BCUT2D eigenvalue weighted by molar-refractivity contribution is 0.104. The van der Waals surface area contributed by atoms with Gasteiger partial charge in [0.1, 0.15) is 5.75 Å². The number of hydrogen-bond acceptors (Lipinski definition) is 4. The number of nitrogens with zero attached hydrogens (tertiary/aromatic N) is 1. The number of rotatable bonds is 4. The highest BCUT2D eigenvalue weighted by molar-refractivity contribution is 7.13. The fraction of sp³-hybridized carbons (Fsp3) is 0.231. The van der Waals surface area contributed by atoms with Crippen molar-refractivity contribution in [3.8, 4) is 5.75 Å². The molecule has 0 spiro atoms. The van der Waals surface area contributed by atoms with Gasteiger partial charge in [-0.2, -0.15) is 0 Å². The molecule has 0 atom stereocenters. The smallest absolute Gasteiger partial charge is 0.204 e. The van der Waals surface area contributed by atoms with Gasteiger partial charge in [0.2, 0.25) is 5.78 Å². The molecule has 3 nitrogen and oxygen atoms in total. The molecule has 2 aromatic rings. The van der Waals surface area contributed by atoms with E-state index in [-0.39, 0.29) is 5.78 Å². The average molecular weight is 247 g/mol. The Morgan fingerprint density at radius 3 is 2.94 bits per heavy atom. The second-order valence-electron chi connectivity index (χ2n) is 3.53. The second-order valence-corrected chi connectivity index (χ2v) is 4.77. The predicted octanol–water partition coefficient (Wildman–Crippen LogP) is 3.08. The predicted molar refractivity (Wildman–Crippen MR) is 67.9 cm³/mol. The van der Waals surface area contributed by atoms with Gasteiger partial charge >= 0.3 is 0 Å². The van der Waals surface area contributed by atoms with Gasteiger partial charge in [0.15, 0.2) is 0 Å². The molecule has 0 saturated carbocycles. The number of aromatic nitrogens is 1. The molecule has 2 rings (SSSR count). The van der Waals surface area contributed by atoms with E-state index in [4.69, 9.17) is 4.74 Å². The molecule has 0 bridgehead atoms. The monoisotopic (exact) mass is 247 g/mol. The van der Waals surface area contributed by atoms with Crippen molar-refractivity contribution in [3.63, 3.8) is 0 Å². The van der Waals surface area contributed by atoms with E-state index in [1.165, 1.54) is 11.3 Å². The molecule has 0 radical (unpaired) electrons. The minimum atomic E-state index is -0.00264. The zero-order chi connectivity index (χ0) is 12.3. The maximum atomic E-state index is 12.1. The third-order valence-corrected chi connectivity index (χ3v) is 3.16. The summed E-state index contributed by atoms with van der Waals surface area (Å²) in [5.41, 5.74) is 0.639. The van der Waals surface area contributed by atoms with Crippen molar-refractivity contribution in [2.75, 3.05) is 6.61 Å².